The topological polar surface area (TPSA) is 39.9 Å². The molecule has 0 aliphatic carbocycles. The van der Waals surface area contributed by atoms with E-state index < -0.39 is 0 Å². The average molecular weight is 420 g/mol. The van der Waals surface area contributed by atoms with Gasteiger partial charge in [-0.2, -0.15) is 9.78 Å². The van der Waals surface area contributed by atoms with Gasteiger partial charge < -0.3 is 4.74 Å². The summed E-state index contributed by atoms with van der Waals surface area (Å²) >= 11 is 3.55. The normalized spacial score (nSPS) is 10.7. The molecular weight excluding hydrogens is 402 g/mol. The Labute approximate surface area is 166 Å². The van der Waals surface area contributed by atoms with Gasteiger partial charge in [-0.25, -0.2) is 4.98 Å². The van der Waals surface area contributed by atoms with Gasteiger partial charge in [-0.3, -0.25) is 0 Å². The van der Waals surface area contributed by atoms with Gasteiger partial charge in [0.05, 0.1) is 5.69 Å². The third-order valence-corrected chi connectivity index (χ3v) is 4.74. The highest BCUT2D eigenvalue weighted by molar-refractivity contribution is 9.10. The quantitative estimate of drug-likeness (QED) is 0.423. The van der Waals surface area contributed by atoms with Crippen LogP contribution in [0.25, 0.3) is 17.1 Å². The van der Waals surface area contributed by atoms with Crippen LogP contribution in [0.3, 0.4) is 0 Å². The lowest BCUT2D eigenvalue weighted by Crippen LogP contribution is -2.04. The first-order valence-electron chi connectivity index (χ1n) is 8.65. The molecule has 4 rings (SSSR count). The molecule has 27 heavy (non-hydrogen) atoms. The first-order chi connectivity index (χ1) is 13.2. The largest absolute Gasteiger partial charge is 0.473 e. The van der Waals surface area contributed by atoms with Gasteiger partial charge in [0.2, 0.25) is 5.88 Å². The van der Waals surface area contributed by atoms with Crippen LogP contribution in [0.2, 0.25) is 0 Å². The van der Waals surface area contributed by atoms with E-state index in [2.05, 4.69) is 40.0 Å². The van der Waals surface area contributed by atoms with Crippen molar-refractivity contribution in [1.29, 1.82) is 0 Å². The van der Waals surface area contributed by atoms with Crippen molar-refractivity contribution in [3.8, 4) is 23.0 Å². The zero-order valence-electron chi connectivity index (χ0n) is 14.8. The molecule has 0 saturated carbocycles. The SMILES string of the molecule is Cc1ccc(Br)cc1-c1cc(OCc2ccccc2)n(-c2ccccn2)n1. The summed E-state index contributed by atoms with van der Waals surface area (Å²) in [7, 11) is 0. The molecule has 0 fully saturated rings. The first kappa shape index (κ1) is 17.5. The van der Waals surface area contributed by atoms with E-state index in [1.807, 2.05) is 60.7 Å². The molecule has 0 unspecified atom stereocenters. The lowest BCUT2D eigenvalue weighted by Gasteiger charge is -2.08. The summed E-state index contributed by atoms with van der Waals surface area (Å²) in [6.07, 6.45) is 1.75. The van der Waals surface area contributed by atoms with Crippen LogP contribution >= 0.6 is 15.9 Å². The van der Waals surface area contributed by atoms with Crippen molar-refractivity contribution in [3.63, 3.8) is 0 Å². The monoisotopic (exact) mass is 419 g/mol. The number of ether oxygens (including phenoxy) is 1. The minimum Gasteiger partial charge on any atom is -0.473 e. The summed E-state index contributed by atoms with van der Waals surface area (Å²) in [6, 6.07) is 24.0. The summed E-state index contributed by atoms with van der Waals surface area (Å²) in [5.74, 6) is 1.38. The molecule has 0 N–H and O–H groups in total. The molecule has 4 aromatic rings. The fourth-order valence-corrected chi connectivity index (χ4v) is 3.20. The van der Waals surface area contributed by atoms with E-state index in [4.69, 9.17) is 9.84 Å². The third-order valence-electron chi connectivity index (χ3n) is 4.25. The molecule has 0 saturated heterocycles. The second kappa shape index (κ2) is 7.76. The zero-order chi connectivity index (χ0) is 18.6. The molecule has 5 heteroatoms. The van der Waals surface area contributed by atoms with Crippen LogP contribution in [0, 0.1) is 6.92 Å². The molecule has 0 atom stereocenters. The van der Waals surface area contributed by atoms with Crippen LogP contribution in [0.1, 0.15) is 11.1 Å². The standard InChI is InChI=1S/C22H18BrN3O/c1-16-10-11-18(23)13-19(16)20-14-22(27-15-17-7-3-2-4-8-17)26(25-20)21-9-5-6-12-24-21/h2-14H,15H2,1H3. The summed E-state index contributed by atoms with van der Waals surface area (Å²) < 4.78 is 8.86. The Morgan fingerprint density at radius 3 is 2.56 bits per heavy atom. The fourth-order valence-electron chi connectivity index (χ4n) is 2.84. The lowest BCUT2D eigenvalue weighted by atomic mass is 10.1. The number of rotatable bonds is 5. The van der Waals surface area contributed by atoms with E-state index in [1.54, 1.807) is 10.9 Å². The van der Waals surface area contributed by atoms with Crippen LogP contribution in [0.15, 0.2) is 83.5 Å². The van der Waals surface area contributed by atoms with Crippen molar-refractivity contribution in [2.24, 2.45) is 0 Å². The van der Waals surface area contributed by atoms with Crippen molar-refractivity contribution in [2.75, 3.05) is 0 Å². The molecule has 2 aromatic carbocycles. The first-order valence-corrected chi connectivity index (χ1v) is 9.45. The maximum atomic E-state index is 6.10. The number of nitrogens with zero attached hydrogens (tertiary/aromatic N) is 3. The second-order valence-corrected chi connectivity index (χ2v) is 7.12. The third kappa shape index (κ3) is 3.93. The van der Waals surface area contributed by atoms with Gasteiger partial charge in [0.25, 0.3) is 0 Å². The predicted octanol–water partition coefficient (Wildman–Crippen LogP) is 5.58. The van der Waals surface area contributed by atoms with Gasteiger partial charge in [-0.15, -0.1) is 0 Å². The molecule has 0 amide bonds. The Bertz CT molecular complexity index is 1050. The highest BCUT2D eigenvalue weighted by Gasteiger charge is 2.15. The highest BCUT2D eigenvalue weighted by Crippen LogP contribution is 2.30. The number of halogens is 1. The van der Waals surface area contributed by atoms with E-state index in [1.165, 1.54) is 0 Å². The van der Waals surface area contributed by atoms with Crippen LogP contribution in [0.5, 0.6) is 5.88 Å². The molecule has 0 radical (unpaired) electrons. The molecule has 0 aliphatic heterocycles. The predicted molar refractivity (Wildman–Crippen MR) is 110 cm³/mol. The van der Waals surface area contributed by atoms with E-state index in [9.17, 15) is 0 Å². The Hall–Kier alpha value is -2.92. The molecule has 0 aliphatic rings. The van der Waals surface area contributed by atoms with Gasteiger partial charge in [0.1, 0.15) is 6.61 Å². The molecular formula is C22H18BrN3O. The van der Waals surface area contributed by atoms with Gasteiger partial charge >= 0.3 is 0 Å². The van der Waals surface area contributed by atoms with Crippen molar-refractivity contribution in [2.45, 2.75) is 13.5 Å². The van der Waals surface area contributed by atoms with E-state index in [-0.39, 0.29) is 0 Å². The summed E-state index contributed by atoms with van der Waals surface area (Å²) in [4.78, 5) is 4.42. The van der Waals surface area contributed by atoms with Crippen molar-refractivity contribution in [1.82, 2.24) is 14.8 Å². The van der Waals surface area contributed by atoms with Crippen molar-refractivity contribution >= 4 is 15.9 Å². The number of hydrogen-bond acceptors (Lipinski definition) is 3. The Morgan fingerprint density at radius 1 is 0.963 bits per heavy atom. The van der Waals surface area contributed by atoms with Gasteiger partial charge in [0.15, 0.2) is 5.82 Å². The van der Waals surface area contributed by atoms with E-state index >= 15 is 0 Å². The van der Waals surface area contributed by atoms with Crippen molar-refractivity contribution < 1.29 is 4.74 Å². The summed E-state index contributed by atoms with van der Waals surface area (Å²) in [6.45, 7) is 2.54. The fraction of sp³-hybridized carbons (Fsp3) is 0.0909. The Balaban J connectivity index is 1.74. The van der Waals surface area contributed by atoms with E-state index in [0.29, 0.717) is 12.5 Å². The maximum Gasteiger partial charge on any atom is 0.219 e. The minimum atomic E-state index is 0.469. The molecule has 2 heterocycles. The molecule has 0 spiro atoms. The average Bonchev–Trinajstić information content (AvgIpc) is 3.14. The maximum absolute atomic E-state index is 6.10. The Kier molecular flexibility index (Phi) is 5.03. The van der Waals surface area contributed by atoms with Crippen LogP contribution in [-0.4, -0.2) is 14.8 Å². The van der Waals surface area contributed by atoms with Crippen LogP contribution < -0.4 is 4.74 Å². The number of benzene rings is 2. The van der Waals surface area contributed by atoms with E-state index in [0.717, 1.165) is 32.7 Å². The van der Waals surface area contributed by atoms with Crippen molar-refractivity contribution in [3.05, 3.63) is 94.6 Å². The highest BCUT2D eigenvalue weighted by atomic mass is 79.9. The number of aryl methyl sites for hydroxylation is 1. The summed E-state index contributed by atoms with van der Waals surface area (Å²) in [5, 5.41) is 4.77. The number of pyridine rings is 1. The zero-order valence-corrected chi connectivity index (χ0v) is 16.4. The van der Waals surface area contributed by atoms with Gasteiger partial charge in [-0.05, 0) is 42.3 Å². The molecule has 4 nitrogen and oxygen atoms in total. The smallest absolute Gasteiger partial charge is 0.219 e. The number of aromatic nitrogens is 3. The number of hydrogen-bond donors (Lipinski definition) is 0. The minimum absolute atomic E-state index is 0.469. The Morgan fingerprint density at radius 2 is 1.78 bits per heavy atom. The molecule has 0 bridgehead atoms. The molecule has 2 aromatic heterocycles. The van der Waals surface area contributed by atoms with Crippen LogP contribution in [-0.2, 0) is 6.61 Å². The molecule has 134 valence electrons. The van der Waals surface area contributed by atoms with Crippen LogP contribution in [0.4, 0.5) is 0 Å². The van der Waals surface area contributed by atoms with Gasteiger partial charge in [0, 0.05) is 22.3 Å². The summed E-state index contributed by atoms with van der Waals surface area (Å²) in [5.41, 5.74) is 4.16. The van der Waals surface area contributed by atoms with Gasteiger partial charge in [-0.1, -0.05) is 58.4 Å². The second-order valence-electron chi connectivity index (χ2n) is 6.20. The lowest BCUT2D eigenvalue weighted by molar-refractivity contribution is 0.284.